The van der Waals surface area contributed by atoms with Gasteiger partial charge in [-0.25, -0.2) is 0 Å². The van der Waals surface area contributed by atoms with E-state index in [1.54, 1.807) is 28.8 Å². The van der Waals surface area contributed by atoms with Crippen molar-refractivity contribution < 1.29 is 14.2 Å². The van der Waals surface area contributed by atoms with Crippen LogP contribution in [0.3, 0.4) is 0 Å². The lowest BCUT2D eigenvalue weighted by atomic mass is 10.2. The van der Waals surface area contributed by atoms with Crippen LogP contribution < -0.4 is 15.2 Å². The number of amides is 2. The molecule has 21 heavy (non-hydrogen) atoms. The summed E-state index contributed by atoms with van der Waals surface area (Å²) in [6.45, 7) is 3.68. The summed E-state index contributed by atoms with van der Waals surface area (Å²) in [6.07, 6.45) is 3.73. The van der Waals surface area contributed by atoms with Crippen molar-refractivity contribution in [3.8, 4) is 0 Å². The molecule has 2 rings (SSSR count). The molecule has 0 saturated heterocycles. The second-order valence-corrected chi connectivity index (χ2v) is 4.86. The number of nitrogens with one attached hydrogen (secondary N) is 2. The van der Waals surface area contributed by atoms with Gasteiger partial charge in [-0.15, -0.1) is 0 Å². The van der Waals surface area contributed by atoms with E-state index in [1.807, 2.05) is 31.5 Å². The van der Waals surface area contributed by atoms with Gasteiger partial charge in [0.1, 0.15) is 0 Å². The molecule has 0 saturated carbocycles. The van der Waals surface area contributed by atoms with Gasteiger partial charge in [-0.2, -0.15) is 4.57 Å². The summed E-state index contributed by atoms with van der Waals surface area (Å²) in [6, 6.07) is 10.9. The molecule has 2 N–H and O–H groups in total. The number of aryl methyl sites for hydroxylation is 1. The van der Waals surface area contributed by atoms with Crippen molar-refractivity contribution in [3.63, 3.8) is 0 Å². The predicted octanol–water partition coefficient (Wildman–Crippen LogP) is 1.88. The maximum absolute atomic E-state index is 12.0. The van der Waals surface area contributed by atoms with Gasteiger partial charge in [-0.05, 0) is 30.7 Å². The first-order valence-corrected chi connectivity index (χ1v) is 6.66. The van der Waals surface area contributed by atoms with E-state index in [1.165, 1.54) is 6.92 Å². The fourth-order valence-electron chi connectivity index (χ4n) is 1.88. The zero-order valence-electron chi connectivity index (χ0n) is 12.1. The van der Waals surface area contributed by atoms with Crippen LogP contribution in [-0.4, -0.2) is 11.8 Å². The summed E-state index contributed by atoms with van der Waals surface area (Å²) in [5, 5.41) is 5.49. The molecule has 0 fully saturated rings. The molecule has 0 spiro atoms. The SMILES string of the molecule is CC(=O)Nc1cccc(NC(=O)C[n+]2ccc(C)cc2)c1. The largest absolute Gasteiger partial charge is 0.326 e. The topological polar surface area (TPSA) is 62.1 Å². The molecule has 0 unspecified atom stereocenters. The van der Waals surface area contributed by atoms with Crippen molar-refractivity contribution in [2.45, 2.75) is 20.4 Å². The number of benzene rings is 1. The van der Waals surface area contributed by atoms with Crippen LogP contribution in [0.25, 0.3) is 0 Å². The fraction of sp³-hybridized carbons (Fsp3) is 0.188. The van der Waals surface area contributed by atoms with Gasteiger partial charge in [-0.1, -0.05) is 6.07 Å². The molecule has 0 aliphatic carbocycles. The molecule has 0 aliphatic rings. The number of rotatable bonds is 4. The summed E-state index contributed by atoms with van der Waals surface area (Å²) in [5.74, 6) is -0.266. The second-order valence-electron chi connectivity index (χ2n) is 4.86. The maximum Gasteiger partial charge on any atom is 0.290 e. The van der Waals surface area contributed by atoms with Crippen molar-refractivity contribution in [1.29, 1.82) is 0 Å². The first-order chi connectivity index (χ1) is 10.0. The van der Waals surface area contributed by atoms with E-state index >= 15 is 0 Å². The zero-order chi connectivity index (χ0) is 15.2. The van der Waals surface area contributed by atoms with E-state index in [-0.39, 0.29) is 18.4 Å². The molecule has 108 valence electrons. The highest BCUT2D eigenvalue weighted by Gasteiger charge is 2.09. The maximum atomic E-state index is 12.0. The average molecular weight is 284 g/mol. The summed E-state index contributed by atoms with van der Waals surface area (Å²) in [5.41, 5.74) is 2.46. The molecular weight excluding hydrogens is 266 g/mol. The van der Waals surface area contributed by atoms with Crippen molar-refractivity contribution in [3.05, 3.63) is 54.4 Å². The quantitative estimate of drug-likeness (QED) is 0.842. The minimum Gasteiger partial charge on any atom is -0.326 e. The molecule has 5 nitrogen and oxygen atoms in total. The van der Waals surface area contributed by atoms with Crippen LogP contribution in [0.15, 0.2) is 48.8 Å². The summed E-state index contributed by atoms with van der Waals surface area (Å²) in [7, 11) is 0. The molecule has 1 aromatic carbocycles. The highest BCUT2D eigenvalue weighted by atomic mass is 16.2. The highest BCUT2D eigenvalue weighted by molar-refractivity contribution is 5.92. The van der Waals surface area contributed by atoms with Crippen LogP contribution in [0.1, 0.15) is 12.5 Å². The van der Waals surface area contributed by atoms with Gasteiger partial charge in [0, 0.05) is 30.4 Å². The molecule has 0 aliphatic heterocycles. The number of hydrogen-bond donors (Lipinski definition) is 2. The molecule has 1 heterocycles. The second kappa shape index (κ2) is 6.65. The summed E-state index contributed by atoms with van der Waals surface area (Å²) in [4.78, 5) is 23.0. The normalized spacial score (nSPS) is 10.0. The van der Waals surface area contributed by atoms with Crippen molar-refractivity contribution >= 4 is 23.2 Å². The van der Waals surface area contributed by atoms with Gasteiger partial charge in [0.2, 0.25) is 12.5 Å². The number of hydrogen-bond acceptors (Lipinski definition) is 2. The Bertz CT molecular complexity index is 651. The summed E-state index contributed by atoms with van der Waals surface area (Å²) < 4.78 is 1.81. The van der Waals surface area contributed by atoms with Crippen LogP contribution in [0.4, 0.5) is 11.4 Å². The van der Waals surface area contributed by atoms with Gasteiger partial charge in [0.25, 0.3) is 5.91 Å². The summed E-state index contributed by atoms with van der Waals surface area (Å²) >= 11 is 0. The first kappa shape index (κ1) is 14.7. The van der Waals surface area contributed by atoms with Crippen LogP contribution in [0, 0.1) is 6.92 Å². The molecule has 2 amide bonds. The van der Waals surface area contributed by atoms with Crippen LogP contribution in [0.2, 0.25) is 0 Å². The fourth-order valence-corrected chi connectivity index (χ4v) is 1.88. The number of aromatic nitrogens is 1. The lowest BCUT2D eigenvalue weighted by Crippen LogP contribution is -2.39. The molecule has 0 atom stereocenters. The van der Waals surface area contributed by atoms with E-state index in [2.05, 4.69) is 10.6 Å². The van der Waals surface area contributed by atoms with Crippen LogP contribution in [-0.2, 0) is 16.1 Å². The smallest absolute Gasteiger partial charge is 0.290 e. The van der Waals surface area contributed by atoms with Gasteiger partial charge in [-0.3, -0.25) is 9.59 Å². The molecule has 2 aromatic rings. The predicted molar refractivity (Wildman–Crippen MR) is 80.7 cm³/mol. The zero-order valence-corrected chi connectivity index (χ0v) is 12.1. The van der Waals surface area contributed by atoms with E-state index < -0.39 is 0 Å². The number of anilines is 2. The Kier molecular flexibility index (Phi) is 4.66. The number of carbonyl (C=O) groups excluding carboxylic acids is 2. The minimum atomic E-state index is -0.145. The van der Waals surface area contributed by atoms with Gasteiger partial charge in [0.15, 0.2) is 12.4 Å². The lowest BCUT2D eigenvalue weighted by molar-refractivity contribution is -0.684. The Morgan fingerprint density at radius 3 is 2.29 bits per heavy atom. The monoisotopic (exact) mass is 284 g/mol. The van der Waals surface area contributed by atoms with Crippen LogP contribution >= 0.6 is 0 Å². The standard InChI is InChI=1S/C16H17N3O2/c1-12-6-8-19(9-7-12)11-16(21)18-15-5-3-4-14(10-15)17-13(2)20/h3-10H,11H2,1-2H3,(H-,17,18,20,21)/p+1. The van der Waals surface area contributed by atoms with Crippen molar-refractivity contribution in [2.24, 2.45) is 0 Å². The third-order valence-corrected chi connectivity index (χ3v) is 2.85. The third-order valence-electron chi connectivity index (χ3n) is 2.85. The van der Waals surface area contributed by atoms with Gasteiger partial charge >= 0.3 is 0 Å². The molecular formula is C16H18N3O2+. The Morgan fingerprint density at radius 1 is 1.05 bits per heavy atom. The van der Waals surface area contributed by atoms with E-state index in [4.69, 9.17) is 0 Å². The number of pyridine rings is 1. The minimum absolute atomic E-state index is 0.121. The molecule has 0 radical (unpaired) electrons. The lowest BCUT2D eigenvalue weighted by Gasteiger charge is -2.06. The highest BCUT2D eigenvalue weighted by Crippen LogP contribution is 2.14. The first-order valence-electron chi connectivity index (χ1n) is 6.66. The van der Waals surface area contributed by atoms with Gasteiger partial charge < -0.3 is 10.6 Å². The Hall–Kier alpha value is -2.69. The Labute approximate surface area is 123 Å². The third kappa shape index (κ3) is 4.72. The molecule has 1 aromatic heterocycles. The Morgan fingerprint density at radius 2 is 1.67 bits per heavy atom. The Balaban J connectivity index is 1.99. The van der Waals surface area contributed by atoms with E-state index in [9.17, 15) is 9.59 Å². The van der Waals surface area contributed by atoms with E-state index in [0.29, 0.717) is 11.4 Å². The average Bonchev–Trinajstić information content (AvgIpc) is 2.41. The van der Waals surface area contributed by atoms with Crippen molar-refractivity contribution in [1.82, 2.24) is 0 Å². The van der Waals surface area contributed by atoms with Crippen LogP contribution in [0.5, 0.6) is 0 Å². The number of carbonyl (C=O) groups is 2. The number of nitrogens with zero attached hydrogens (tertiary/aromatic N) is 1. The van der Waals surface area contributed by atoms with Gasteiger partial charge in [0.05, 0.1) is 0 Å². The molecule has 0 bridgehead atoms. The van der Waals surface area contributed by atoms with Crippen molar-refractivity contribution in [2.75, 3.05) is 10.6 Å². The molecule has 5 heteroatoms. The van der Waals surface area contributed by atoms with E-state index in [0.717, 1.165) is 5.56 Å².